The van der Waals surface area contributed by atoms with E-state index in [0.29, 0.717) is 44.3 Å². The van der Waals surface area contributed by atoms with Crippen LogP contribution in [-0.2, 0) is 12.7 Å². The third-order valence-corrected chi connectivity index (χ3v) is 7.26. The van der Waals surface area contributed by atoms with Gasteiger partial charge in [-0.3, -0.25) is 0 Å². The number of anilines is 2. The van der Waals surface area contributed by atoms with E-state index in [2.05, 4.69) is 22.1 Å². The third-order valence-electron chi connectivity index (χ3n) is 7.26. The van der Waals surface area contributed by atoms with Crippen LogP contribution in [0.25, 0.3) is 11.0 Å². The van der Waals surface area contributed by atoms with E-state index in [1.807, 2.05) is 34.0 Å². The number of halogens is 3. The van der Waals surface area contributed by atoms with Crippen LogP contribution in [0.2, 0.25) is 0 Å². The molecule has 6 rings (SSSR count). The van der Waals surface area contributed by atoms with Crippen LogP contribution in [0, 0.1) is 0 Å². The summed E-state index contributed by atoms with van der Waals surface area (Å²) in [6, 6.07) is 15.8. The Labute approximate surface area is 207 Å². The van der Waals surface area contributed by atoms with Crippen LogP contribution < -0.4 is 9.80 Å². The van der Waals surface area contributed by atoms with Gasteiger partial charge in [-0.25, -0.2) is 14.6 Å². The smallest absolute Gasteiger partial charge is 0.368 e. The molecular weight excluding hydrogens is 465 g/mol. The number of hydrogen-bond donors (Lipinski definition) is 0. The monoisotopic (exact) mass is 492 g/mol. The Hall–Kier alpha value is -3.62. The lowest BCUT2D eigenvalue weighted by atomic mass is 9.85. The Morgan fingerprint density at radius 2 is 1.61 bits per heavy atom. The van der Waals surface area contributed by atoms with Crippen molar-refractivity contribution in [3.05, 3.63) is 77.7 Å². The molecule has 1 aliphatic carbocycles. The van der Waals surface area contributed by atoms with Crippen molar-refractivity contribution in [1.82, 2.24) is 19.7 Å². The van der Waals surface area contributed by atoms with E-state index in [-0.39, 0.29) is 0 Å². The molecule has 6 nitrogen and oxygen atoms in total. The molecule has 2 fully saturated rings. The Bertz CT molecular complexity index is 1360. The lowest BCUT2D eigenvalue weighted by Gasteiger charge is -2.37. The zero-order chi connectivity index (χ0) is 24.7. The molecule has 4 aromatic rings. The molecule has 1 aliphatic heterocycles. The van der Waals surface area contributed by atoms with Crippen LogP contribution in [0.4, 0.5) is 24.7 Å². The lowest BCUT2D eigenvalue weighted by Crippen LogP contribution is -2.47. The van der Waals surface area contributed by atoms with Crippen LogP contribution in [0.3, 0.4) is 0 Å². The molecule has 0 amide bonds. The Morgan fingerprint density at radius 1 is 0.861 bits per heavy atom. The zero-order valence-corrected chi connectivity index (χ0v) is 19.8. The maximum absolute atomic E-state index is 13.2. The Morgan fingerprint density at radius 3 is 2.31 bits per heavy atom. The van der Waals surface area contributed by atoms with E-state index in [1.165, 1.54) is 18.6 Å². The van der Waals surface area contributed by atoms with Gasteiger partial charge in [0.05, 0.1) is 23.7 Å². The van der Waals surface area contributed by atoms with Gasteiger partial charge in [0.25, 0.3) is 0 Å². The number of nitrogens with zero attached hydrogens (tertiary/aromatic N) is 6. The summed E-state index contributed by atoms with van der Waals surface area (Å²) in [7, 11) is 0. The zero-order valence-electron chi connectivity index (χ0n) is 19.8. The van der Waals surface area contributed by atoms with Crippen molar-refractivity contribution in [2.75, 3.05) is 36.0 Å². The van der Waals surface area contributed by atoms with Crippen molar-refractivity contribution in [1.29, 1.82) is 0 Å². The summed E-state index contributed by atoms with van der Waals surface area (Å²) in [6.45, 7) is 3.19. The van der Waals surface area contributed by atoms with Crippen molar-refractivity contribution in [3.63, 3.8) is 0 Å². The molecule has 186 valence electrons. The second-order valence-electron chi connectivity index (χ2n) is 9.58. The molecule has 1 saturated carbocycles. The molecule has 9 heteroatoms. The molecule has 2 aromatic carbocycles. The number of piperazine rings is 1. The molecule has 3 heterocycles. The SMILES string of the molecule is FC(F)(F)c1cccc(N2CCN(c3nc(C4CCC4)nc4c3cnn4Cc3ccccc3)CC2)c1. The summed E-state index contributed by atoms with van der Waals surface area (Å²) in [4.78, 5) is 14.2. The van der Waals surface area contributed by atoms with E-state index in [9.17, 15) is 13.2 Å². The Balaban J connectivity index is 1.28. The first-order valence-electron chi connectivity index (χ1n) is 12.4. The first kappa shape index (κ1) is 22.8. The topological polar surface area (TPSA) is 50.1 Å². The second-order valence-corrected chi connectivity index (χ2v) is 9.58. The predicted octanol–water partition coefficient (Wildman–Crippen LogP) is 5.49. The molecule has 0 atom stereocenters. The van der Waals surface area contributed by atoms with E-state index in [1.54, 1.807) is 6.07 Å². The van der Waals surface area contributed by atoms with E-state index in [0.717, 1.165) is 47.1 Å². The molecule has 2 aromatic heterocycles. The highest BCUT2D eigenvalue weighted by Gasteiger charge is 2.32. The molecule has 1 saturated heterocycles. The van der Waals surface area contributed by atoms with Crippen molar-refractivity contribution in [2.24, 2.45) is 0 Å². The van der Waals surface area contributed by atoms with Gasteiger partial charge < -0.3 is 9.80 Å². The molecule has 0 bridgehead atoms. The molecule has 0 N–H and O–H groups in total. The fraction of sp³-hybridized carbons (Fsp3) is 0.370. The van der Waals surface area contributed by atoms with Crippen molar-refractivity contribution in [3.8, 4) is 0 Å². The molecule has 0 spiro atoms. The maximum atomic E-state index is 13.2. The quantitative estimate of drug-likeness (QED) is 0.369. The maximum Gasteiger partial charge on any atom is 0.416 e. The lowest BCUT2D eigenvalue weighted by molar-refractivity contribution is -0.137. The molecule has 36 heavy (non-hydrogen) atoms. The number of rotatable bonds is 5. The van der Waals surface area contributed by atoms with Gasteiger partial charge in [0.1, 0.15) is 11.6 Å². The van der Waals surface area contributed by atoms with Crippen LogP contribution in [0.1, 0.15) is 42.1 Å². The number of hydrogen-bond acceptors (Lipinski definition) is 5. The van der Waals surface area contributed by atoms with E-state index >= 15 is 0 Å². The van der Waals surface area contributed by atoms with Crippen LogP contribution in [0.5, 0.6) is 0 Å². The fourth-order valence-corrected chi connectivity index (χ4v) is 4.97. The first-order chi connectivity index (χ1) is 17.5. The Kier molecular flexibility index (Phi) is 5.78. The van der Waals surface area contributed by atoms with Gasteiger partial charge in [-0.05, 0) is 36.6 Å². The second kappa shape index (κ2) is 9.11. The molecule has 0 unspecified atom stereocenters. The summed E-state index contributed by atoms with van der Waals surface area (Å²) < 4.78 is 41.5. The summed E-state index contributed by atoms with van der Waals surface area (Å²) in [5, 5.41) is 5.57. The highest BCUT2D eigenvalue weighted by atomic mass is 19.4. The van der Waals surface area contributed by atoms with Crippen molar-refractivity contribution in [2.45, 2.75) is 37.9 Å². The first-order valence-corrected chi connectivity index (χ1v) is 12.4. The van der Waals surface area contributed by atoms with E-state index < -0.39 is 11.7 Å². The van der Waals surface area contributed by atoms with Gasteiger partial charge in [-0.15, -0.1) is 0 Å². The summed E-state index contributed by atoms with van der Waals surface area (Å²) >= 11 is 0. The van der Waals surface area contributed by atoms with Crippen molar-refractivity contribution >= 4 is 22.5 Å². The minimum Gasteiger partial charge on any atom is -0.368 e. The van der Waals surface area contributed by atoms with Gasteiger partial charge in [-0.2, -0.15) is 18.3 Å². The summed E-state index contributed by atoms with van der Waals surface area (Å²) in [6.07, 6.45) is 0.891. The summed E-state index contributed by atoms with van der Waals surface area (Å²) in [5.74, 6) is 2.13. The highest BCUT2D eigenvalue weighted by Crippen LogP contribution is 2.37. The predicted molar refractivity (Wildman–Crippen MR) is 133 cm³/mol. The van der Waals surface area contributed by atoms with Gasteiger partial charge in [0, 0.05) is 37.8 Å². The number of fused-ring (bicyclic) bond motifs is 1. The van der Waals surface area contributed by atoms with Crippen molar-refractivity contribution < 1.29 is 13.2 Å². The molecular formula is C27H27F3N6. The van der Waals surface area contributed by atoms with Crippen LogP contribution in [-0.4, -0.2) is 45.9 Å². The highest BCUT2D eigenvalue weighted by molar-refractivity contribution is 5.87. The van der Waals surface area contributed by atoms with Gasteiger partial charge in [0.15, 0.2) is 5.65 Å². The fourth-order valence-electron chi connectivity index (χ4n) is 4.97. The average molecular weight is 493 g/mol. The number of benzene rings is 2. The summed E-state index contributed by atoms with van der Waals surface area (Å²) in [5.41, 5.74) is 1.98. The average Bonchev–Trinajstić information content (AvgIpc) is 3.25. The molecule has 0 radical (unpaired) electrons. The minimum absolute atomic E-state index is 0.375. The van der Waals surface area contributed by atoms with Gasteiger partial charge >= 0.3 is 6.18 Å². The van der Waals surface area contributed by atoms with Gasteiger partial charge in [0.2, 0.25) is 0 Å². The van der Waals surface area contributed by atoms with Crippen LogP contribution >= 0.6 is 0 Å². The minimum atomic E-state index is -4.35. The molecule has 2 aliphatic rings. The number of aromatic nitrogens is 4. The van der Waals surface area contributed by atoms with Gasteiger partial charge in [-0.1, -0.05) is 42.8 Å². The normalized spacial score (nSPS) is 17.0. The third kappa shape index (κ3) is 4.38. The van der Waals surface area contributed by atoms with Crippen LogP contribution in [0.15, 0.2) is 60.8 Å². The number of alkyl halides is 3. The van der Waals surface area contributed by atoms with E-state index in [4.69, 9.17) is 9.97 Å². The standard InChI is InChI=1S/C27H27F3N6/c28-27(29,30)21-10-5-11-22(16-21)34-12-14-35(15-13-34)25-23-17-31-36(18-19-6-2-1-3-7-19)26(23)33-24(32-25)20-8-4-9-20/h1-3,5-7,10-11,16-17,20H,4,8-9,12-15,18H2. The largest absolute Gasteiger partial charge is 0.416 e.